The maximum atomic E-state index is 12.3. The minimum atomic E-state index is -0.326. The van der Waals surface area contributed by atoms with Crippen LogP contribution in [-0.2, 0) is 0 Å². The Bertz CT molecular complexity index is 708. The number of anilines is 1. The van der Waals surface area contributed by atoms with E-state index >= 15 is 0 Å². The highest BCUT2D eigenvalue weighted by Crippen LogP contribution is 2.25. The second kappa shape index (κ2) is 6.78. The first-order valence-corrected chi connectivity index (χ1v) is 6.66. The Kier molecular flexibility index (Phi) is 4.81. The van der Waals surface area contributed by atoms with Crippen molar-refractivity contribution in [3.63, 3.8) is 0 Å². The van der Waals surface area contributed by atoms with E-state index in [0.717, 1.165) is 5.56 Å². The van der Waals surface area contributed by atoms with E-state index in [4.69, 9.17) is 21.6 Å². The van der Waals surface area contributed by atoms with Gasteiger partial charge in [-0.15, -0.1) is 0 Å². The van der Waals surface area contributed by atoms with Crippen LogP contribution in [0.15, 0.2) is 42.5 Å². The number of carbonyl (C=O) groups is 1. The fourth-order valence-corrected chi connectivity index (χ4v) is 2.12. The van der Waals surface area contributed by atoms with Crippen LogP contribution in [-0.4, -0.2) is 12.5 Å². The molecule has 0 fully saturated rings. The van der Waals surface area contributed by atoms with E-state index in [1.54, 1.807) is 36.4 Å². The zero-order chi connectivity index (χ0) is 15.2. The van der Waals surface area contributed by atoms with Gasteiger partial charge in [-0.25, -0.2) is 0 Å². The van der Waals surface area contributed by atoms with E-state index in [0.29, 0.717) is 22.0 Å². The third-order valence-electron chi connectivity index (χ3n) is 2.80. The average molecular weight is 301 g/mol. The summed E-state index contributed by atoms with van der Waals surface area (Å²) in [4.78, 5) is 12.3. The summed E-state index contributed by atoms with van der Waals surface area (Å²) in [5.41, 5.74) is 1.86. The maximum absolute atomic E-state index is 12.3. The van der Waals surface area contributed by atoms with E-state index in [1.807, 2.05) is 19.1 Å². The van der Waals surface area contributed by atoms with Gasteiger partial charge >= 0.3 is 0 Å². The van der Waals surface area contributed by atoms with Crippen molar-refractivity contribution < 1.29 is 9.53 Å². The Morgan fingerprint density at radius 3 is 2.81 bits per heavy atom. The van der Waals surface area contributed by atoms with Crippen molar-refractivity contribution in [2.24, 2.45) is 0 Å². The molecule has 4 nitrogen and oxygen atoms in total. The molecule has 0 radical (unpaired) electrons. The van der Waals surface area contributed by atoms with Gasteiger partial charge in [-0.05, 0) is 36.8 Å². The predicted octanol–water partition coefficient (Wildman–Crippen LogP) is 3.80. The number of benzene rings is 2. The molecule has 0 aliphatic rings. The lowest BCUT2D eigenvalue weighted by atomic mass is 10.1. The first-order chi connectivity index (χ1) is 10.1. The predicted molar refractivity (Wildman–Crippen MR) is 81.7 cm³/mol. The molecule has 1 N–H and O–H groups in total. The Labute approximate surface area is 127 Å². The smallest absolute Gasteiger partial charge is 0.257 e. The van der Waals surface area contributed by atoms with Crippen molar-refractivity contribution >= 4 is 23.2 Å². The number of carbonyl (C=O) groups excluding carboxylic acids is 1. The molecule has 2 aromatic rings. The highest BCUT2D eigenvalue weighted by atomic mass is 35.5. The second-order valence-corrected chi connectivity index (χ2v) is 4.79. The van der Waals surface area contributed by atoms with E-state index in [1.165, 1.54) is 0 Å². The summed E-state index contributed by atoms with van der Waals surface area (Å²) in [6.07, 6.45) is 0. The summed E-state index contributed by atoms with van der Waals surface area (Å²) in [6.45, 7) is 1.82. The molecule has 0 aliphatic carbocycles. The molecule has 0 saturated heterocycles. The second-order valence-electron chi connectivity index (χ2n) is 4.38. The molecule has 2 rings (SSSR count). The van der Waals surface area contributed by atoms with Gasteiger partial charge in [0.1, 0.15) is 11.8 Å². The summed E-state index contributed by atoms with van der Waals surface area (Å²) in [5.74, 6) is 0.114. The first-order valence-electron chi connectivity index (χ1n) is 6.28. The quantitative estimate of drug-likeness (QED) is 0.934. The lowest BCUT2D eigenvalue weighted by molar-refractivity contribution is 0.102. The van der Waals surface area contributed by atoms with Crippen molar-refractivity contribution in [3.8, 4) is 11.8 Å². The number of nitrogens with zero attached hydrogens (tertiary/aromatic N) is 1. The number of hydrogen-bond donors (Lipinski definition) is 1. The fourth-order valence-electron chi connectivity index (χ4n) is 1.80. The minimum Gasteiger partial charge on any atom is -0.477 e. The van der Waals surface area contributed by atoms with Crippen molar-refractivity contribution in [2.45, 2.75) is 6.92 Å². The highest BCUT2D eigenvalue weighted by Gasteiger charge is 2.12. The van der Waals surface area contributed by atoms with Crippen LogP contribution in [0, 0.1) is 18.3 Å². The van der Waals surface area contributed by atoms with Gasteiger partial charge in [-0.1, -0.05) is 29.8 Å². The molecule has 0 atom stereocenters. The first kappa shape index (κ1) is 14.9. The van der Waals surface area contributed by atoms with Crippen molar-refractivity contribution in [3.05, 3.63) is 58.6 Å². The molecule has 2 aromatic carbocycles. The third-order valence-corrected chi connectivity index (χ3v) is 3.11. The van der Waals surface area contributed by atoms with Crippen molar-refractivity contribution in [1.82, 2.24) is 0 Å². The van der Waals surface area contributed by atoms with Gasteiger partial charge in [0.05, 0.1) is 16.3 Å². The summed E-state index contributed by atoms with van der Waals surface area (Å²) in [7, 11) is 0. The number of nitriles is 1. The maximum Gasteiger partial charge on any atom is 0.257 e. The van der Waals surface area contributed by atoms with Gasteiger partial charge in [0.15, 0.2) is 6.61 Å². The number of rotatable bonds is 4. The van der Waals surface area contributed by atoms with Gasteiger partial charge in [0.2, 0.25) is 0 Å². The molecule has 21 heavy (non-hydrogen) atoms. The molecule has 1 amide bonds. The molecule has 106 valence electrons. The molecular formula is C16H13ClN2O2. The van der Waals surface area contributed by atoms with E-state index in [9.17, 15) is 4.79 Å². The van der Waals surface area contributed by atoms with Gasteiger partial charge in [-0.2, -0.15) is 5.26 Å². The van der Waals surface area contributed by atoms with Crippen LogP contribution in [0.4, 0.5) is 5.69 Å². The highest BCUT2D eigenvalue weighted by molar-refractivity contribution is 6.34. The fraction of sp³-hybridized carbons (Fsp3) is 0.125. The zero-order valence-electron chi connectivity index (χ0n) is 11.4. The standard InChI is InChI=1S/C16H13ClN2O2/c1-11-6-7-12(13(17)10-11)16(20)19-14-4-2-3-5-15(14)21-9-8-18/h2-7,10H,9H2,1H3,(H,19,20). The topological polar surface area (TPSA) is 62.1 Å². The van der Waals surface area contributed by atoms with Gasteiger partial charge < -0.3 is 10.1 Å². The average Bonchev–Trinajstić information content (AvgIpc) is 2.46. The molecule has 0 bridgehead atoms. The van der Waals surface area contributed by atoms with Gasteiger partial charge in [0.25, 0.3) is 5.91 Å². The van der Waals surface area contributed by atoms with Crippen LogP contribution >= 0.6 is 11.6 Å². The molecular weight excluding hydrogens is 288 g/mol. The van der Waals surface area contributed by atoms with Crippen molar-refractivity contribution in [1.29, 1.82) is 5.26 Å². The minimum absolute atomic E-state index is 0.0851. The number of hydrogen-bond acceptors (Lipinski definition) is 3. The summed E-state index contributed by atoms with van der Waals surface area (Å²) in [5, 5.41) is 11.7. The molecule has 0 unspecified atom stereocenters. The SMILES string of the molecule is Cc1ccc(C(=O)Nc2ccccc2OCC#N)c(Cl)c1. The Balaban J connectivity index is 2.22. The van der Waals surface area contributed by atoms with Crippen LogP contribution in [0.1, 0.15) is 15.9 Å². The normalized spacial score (nSPS) is 9.76. The number of ether oxygens (including phenoxy) is 1. The molecule has 0 aliphatic heterocycles. The van der Waals surface area contributed by atoms with Crippen LogP contribution in [0.5, 0.6) is 5.75 Å². The van der Waals surface area contributed by atoms with Crippen LogP contribution in [0.25, 0.3) is 0 Å². The Morgan fingerprint density at radius 1 is 1.33 bits per heavy atom. The Hall–Kier alpha value is -2.51. The molecule has 0 aromatic heterocycles. The largest absolute Gasteiger partial charge is 0.477 e. The number of amides is 1. The summed E-state index contributed by atoms with van der Waals surface area (Å²) >= 11 is 6.08. The Morgan fingerprint density at radius 2 is 2.10 bits per heavy atom. The number of halogens is 1. The van der Waals surface area contributed by atoms with E-state index in [2.05, 4.69) is 5.32 Å². The van der Waals surface area contributed by atoms with Crippen LogP contribution < -0.4 is 10.1 Å². The molecule has 0 heterocycles. The lowest BCUT2D eigenvalue weighted by Crippen LogP contribution is -2.13. The number of aryl methyl sites for hydroxylation is 1. The third kappa shape index (κ3) is 3.74. The zero-order valence-corrected chi connectivity index (χ0v) is 12.1. The monoisotopic (exact) mass is 300 g/mol. The summed E-state index contributed by atoms with van der Waals surface area (Å²) < 4.78 is 5.26. The van der Waals surface area contributed by atoms with Crippen LogP contribution in [0.3, 0.4) is 0 Å². The van der Waals surface area contributed by atoms with Gasteiger partial charge in [-0.3, -0.25) is 4.79 Å². The number of para-hydroxylation sites is 2. The molecule has 0 saturated carbocycles. The van der Waals surface area contributed by atoms with E-state index in [-0.39, 0.29) is 12.5 Å². The molecule has 0 spiro atoms. The van der Waals surface area contributed by atoms with Gasteiger partial charge in [0, 0.05) is 0 Å². The van der Waals surface area contributed by atoms with Crippen molar-refractivity contribution in [2.75, 3.05) is 11.9 Å². The lowest BCUT2D eigenvalue weighted by Gasteiger charge is -2.11. The van der Waals surface area contributed by atoms with Crippen LogP contribution in [0.2, 0.25) is 5.02 Å². The van der Waals surface area contributed by atoms with E-state index < -0.39 is 0 Å². The number of nitrogens with one attached hydrogen (secondary N) is 1. The molecule has 5 heteroatoms. The summed E-state index contributed by atoms with van der Waals surface area (Å²) in [6, 6.07) is 14.0.